The maximum atomic E-state index is 5.31. The SMILES string of the molecule is CCNC(CN(C)Cc1cccc(OC)c1)C1CCCC1. The van der Waals surface area contributed by atoms with Gasteiger partial charge < -0.3 is 15.0 Å². The fourth-order valence-corrected chi connectivity index (χ4v) is 3.49. The largest absolute Gasteiger partial charge is 0.497 e. The Labute approximate surface area is 129 Å². The minimum absolute atomic E-state index is 0.633. The Hall–Kier alpha value is -1.06. The molecule has 1 fully saturated rings. The second kappa shape index (κ2) is 8.40. The van der Waals surface area contributed by atoms with Crippen LogP contribution < -0.4 is 10.1 Å². The Bertz CT molecular complexity index is 415. The molecule has 0 aromatic heterocycles. The summed E-state index contributed by atoms with van der Waals surface area (Å²) in [6.07, 6.45) is 5.60. The van der Waals surface area contributed by atoms with Gasteiger partial charge in [0.2, 0.25) is 0 Å². The highest BCUT2D eigenvalue weighted by Gasteiger charge is 2.25. The van der Waals surface area contributed by atoms with Gasteiger partial charge in [-0.25, -0.2) is 0 Å². The topological polar surface area (TPSA) is 24.5 Å². The number of nitrogens with one attached hydrogen (secondary N) is 1. The summed E-state index contributed by atoms with van der Waals surface area (Å²) >= 11 is 0. The van der Waals surface area contributed by atoms with E-state index in [0.717, 1.165) is 31.3 Å². The molecule has 0 spiro atoms. The van der Waals surface area contributed by atoms with E-state index in [1.54, 1.807) is 7.11 Å². The van der Waals surface area contributed by atoms with Gasteiger partial charge in [0.25, 0.3) is 0 Å². The second-order valence-electron chi connectivity index (χ2n) is 6.26. The molecule has 1 N–H and O–H groups in total. The van der Waals surface area contributed by atoms with Crippen LogP contribution in [0.15, 0.2) is 24.3 Å². The highest BCUT2D eigenvalue weighted by Crippen LogP contribution is 2.28. The fraction of sp³-hybridized carbons (Fsp3) is 0.667. The molecule has 0 aliphatic heterocycles. The zero-order valence-electron chi connectivity index (χ0n) is 13.8. The summed E-state index contributed by atoms with van der Waals surface area (Å²) in [7, 11) is 3.95. The van der Waals surface area contributed by atoms with Crippen LogP contribution in [0.25, 0.3) is 0 Å². The van der Waals surface area contributed by atoms with Crippen LogP contribution in [0.4, 0.5) is 0 Å². The summed E-state index contributed by atoms with van der Waals surface area (Å²) in [4.78, 5) is 2.43. The number of benzene rings is 1. The monoisotopic (exact) mass is 290 g/mol. The highest BCUT2D eigenvalue weighted by molar-refractivity contribution is 5.28. The van der Waals surface area contributed by atoms with Gasteiger partial charge in [-0.2, -0.15) is 0 Å². The first kappa shape index (κ1) is 16.3. The number of ether oxygens (including phenoxy) is 1. The quantitative estimate of drug-likeness (QED) is 0.795. The van der Waals surface area contributed by atoms with Crippen LogP contribution in [0.2, 0.25) is 0 Å². The summed E-state index contributed by atoms with van der Waals surface area (Å²) in [6.45, 7) is 5.37. The summed E-state index contributed by atoms with van der Waals surface area (Å²) in [5.41, 5.74) is 1.32. The molecule has 1 aliphatic rings. The van der Waals surface area contributed by atoms with Gasteiger partial charge in [0, 0.05) is 19.1 Å². The maximum Gasteiger partial charge on any atom is 0.119 e. The van der Waals surface area contributed by atoms with Crippen molar-refractivity contribution >= 4 is 0 Å². The molecular weight excluding hydrogens is 260 g/mol. The Morgan fingerprint density at radius 1 is 1.33 bits per heavy atom. The molecule has 0 amide bonds. The number of hydrogen-bond acceptors (Lipinski definition) is 3. The molecule has 1 saturated carbocycles. The van der Waals surface area contributed by atoms with Crippen LogP contribution in [0.3, 0.4) is 0 Å². The van der Waals surface area contributed by atoms with E-state index in [1.165, 1.54) is 31.2 Å². The van der Waals surface area contributed by atoms with E-state index in [0.29, 0.717) is 6.04 Å². The smallest absolute Gasteiger partial charge is 0.119 e. The predicted molar refractivity (Wildman–Crippen MR) is 88.8 cm³/mol. The molecule has 21 heavy (non-hydrogen) atoms. The van der Waals surface area contributed by atoms with E-state index >= 15 is 0 Å². The zero-order valence-corrected chi connectivity index (χ0v) is 13.8. The number of likely N-dealkylation sites (N-methyl/N-ethyl adjacent to an activating group) is 2. The molecule has 1 unspecified atom stereocenters. The molecule has 0 radical (unpaired) electrons. The van der Waals surface area contributed by atoms with Crippen LogP contribution in [-0.4, -0.2) is 38.2 Å². The van der Waals surface area contributed by atoms with Crippen LogP contribution in [-0.2, 0) is 6.54 Å². The van der Waals surface area contributed by atoms with Crippen molar-refractivity contribution < 1.29 is 4.74 Å². The Balaban J connectivity index is 1.89. The minimum Gasteiger partial charge on any atom is -0.497 e. The minimum atomic E-state index is 0.633. The van der Waals surface area contributed by atoms with Gasteiger partial charge in [0.15, 0.2) is 0 Å². The van der Waals surface area contributed by atoms with Crippen LogP contribution in [0.1, 0.15) is 38.2 Å². The van der Waals surface area contributed by atoms with Gasteiger partial charge in [-0.3, -0.25) is 0 Å². The molecule has 118 valence electrons. The van der Waals surface area contributed by atoms with Crippen molar-refractivity contribution in [1.82, 2.24) is 10.2 Å². The lowest BCUT2D eigenvalue weighted by atomic mass is 9.97. The predicted octanol–water partition coefficient (Wildman–Crippen LogP) is 3.30. The van der Waals surface area contributed by atoms with E-state index in [1.807, 2.05) is 6.07 Å². The molecule has 1 atom stereocenters. The van der Waals surface area contributed by atoms with E-state index in [9.17, 15) is 0 Å². The summed E-state index contributed by atoms with van der Waals surface area (Å²) in [5.74, 6) is 1.80. The average molecular weight is 290 g/mol. The van der Waals surface area contributed by atoms with Crippen molar-refractivity contribution in [1.29, 1.82) is 0 Å². The van der Waals surface area contributed by atoms with Crippen LogP contribution >= 0.6 is 0 Å². The molecule has 1 aromatic carbocycles. The molecule has 1 aliphatic carbocycles. The Kier molecular flexibility index (Phi) is 6.52. The molecule has 2 rings (SSSR count). The third-order valence-electron chi connectivity index (χ3n) is 4.53. The normalized spacial score (nSPS) is 17.3. The van der Waals surface area contributed by atoms with Crippen LogP contribution in [0.5, 0.6) is 5.75 Å². The lowest BCUT2D eigenvalue weighted by Gasteiger charge is -2.29. The standard InChI is InChI=1S/C18H30N2O/c1-4-19-18(16-9-5-6-10-16)14-20(2)13-15-8-7-11-17(12-15)21-3/h7-8,11-12,16,18-19H,4-6,9-10,13-14H2,1-3H3. The van der Waals surface area contributed by atoms with Gasteiger partial charge >= 0.3 is 0 Å². The highest BCUT2D eigenvalue weighted by atomic mass is 16.5. The van der Waals surface area contributed by atoms with E-state index in [2.05, 4.69) is 42.4 Å². The van der Waals surface area contributed by atoms with Gasteiger partial charge in [0.05, 0.1) is 7.11 Å². The van der Waals surface area contributed by atoms with Gasteiger partial charge in [-0.15, -0.1) is 0 Å². The van der Waals surface area contributed by atoms with Gasteiger partial charge in [-0.1, -0.05) is 31.9 Å². The summed E-state index contributed by atoms with van der Waals surface area (Å²) in [6, 6.07) is 9.02. The first-order valence-corrected chi connectivity index (χ1v) is 8.27. The first-order chi connectivity index (χ1) is 10.2. The third-order valence-corrected chi connectivity index (χ3v) is 4.53. The van der Waals surface area contributed by atoms with E-state index in [4.69, 9.17) is 4.74 Å². The van der Waals surface area contributed by atoms with Gasteiger partial charge in [0.1, 0.15) is 5.75 Å². The number of nitrogens with zero attached hydrogens (tertiary/aromatic N) is 1. The van der Waals surface area contributed by atoms with Gasteiger partial charge in [-0.05, 0) is 50.0 Å². The molecule has 0 bridgehead atoms. The van der Waals surface area contributed by atoms with Crippen molar-refractivity contribution in [3.8, 4) is 5.75 Å². The van der Waals surface area contributed by atoms with E-state index < -0.39 is 0 Å². The molecule has 1 aromatic rings. The lowest BCUT2D eigenvalue weighted by molar-refractivity contribution is 0.237. The van der Waals surface area contributed by atoms with E-state index in [-0.39, 0.29) is 0 Å². The Morgan fingerprint density at radius 2 is 2.10 bits per heavy atom. The van der Waals surface area contributed by atoms with Crippen molar-refractivity contribution in [2.45, 2.75) is 45.2 Å². The van der Waals surface area contributed by atoms with Crippen LogP contribution in [0, 0.1) is 5.92 Å². The molecule has 3 heteroatoms. The summed E-state index contributed by atoms with van der Waals surface area (Å²) in [5, 5.41) is 3.70. The molecule has 0 saturated heterocycles. The maximum absolute atomic E-state index is 5.31. The Morgan fingerprint density at radius 3 is 2.76 bits per heavy atom. The van der Waals surface area contributed by atoms with Crippen molar-refractivity contribution in [2.24, 2.45) is 5.92 Å². The molecule has 3 nitrogen and oxygen atoms in total. The van der Waals surface area contributed by atoms with Crippen molar-refractivity contribution in [3.63, 3.8) is 0 Å². The number of methoxy groups -OCH3 is 1. The summed E-state index contributed by atoms with van der Waals surface area (Å²) < 4.78 is 5.31. The molecule has 0 heterocycles. The first-order valence-electron chi connectivity index (χ1n) is 8.27. The average Bonchev–Trinajstić information content (AvgIpc) is 3.01. The fourth-order valence-electron chi connectivity index (χ4n) is 3.49. The second-order valence-corrected chi connectivity index (χ2v) is 6.26. The molecular formula is C18H30N2O. The number of rotatable bonds is 8. The number of hydrogen-bond donors (Lipinski definition) is 1. The zero-order chi connectivity index (χ0) is 15.1. The lowest BCUT2D eigenvalue weighted by Crippen LogP contribution is -2.43. The van der Waals surface area contributed by atoms with Crippen molar-refractivity contribution in [3.05, 3.63) is 29.8 Å². The third kappa shape index (κ3) is 5.01. The van der Waals surface area contributed by atoms with Crippen molar-refractivity contribution in [2.75, 3.05) is 27.2 Å².